The van der Waals surface area contributed by atoms with Gasteiger partial charge < -0.3 is 0 Å². The number of hydrogen-bond donors (Lipinski definition) is 0. The Morgan fingerprint density at radius 2 is 1.65 bits per heavy atom. The molecular weight excluding hydrogens is 282 g/mol. The van der Waals surface area contributed by atoms with Crippen LogP contribution in [0.4, 0.5) is 4.39 Å². The van der Waals surface area contributed by atoms with Crippen LogP contribution in [0.1, 0.15) is 5.56 Å². The Balaban J connectivity index is 2.53. The SMILES string of the molecule is Fc1cc(CCl)ccc1-c1ccc(Cl)cc1Cl. The second-order valence-corrected chi connectivity index (χ2v) is 4.68. The molecule has 2 rings (SSSR count). The van der Waals surface area contributed by atoms with Gasteiger partial charge in [-0.15, -0.1) is 11.6 Å². The van der Waals surface area contributed by atoms with Crippen molar-refractivity contribution in [3.63, 3.8) is 0 Å². The molecular formula is C13H8Cl3F. The summed E-state index contributed by atoms with van der Waals surface area (Å²) >= 11 is 17.5. The van der Waals surface area contributed by atoms with Crippen molar-refractivity contribution in [1.82, 2.24) is 0 Å². The average molecular weight is 290 g/mol. The van der Waals surface area contributed by atoms with Crippen LogP contribution >= 0.6 is 34.8 Å². The lowest BCUT2D eigenvalue weighted by Crippen LogP contribution is -1.88. The largest absolute Gasteiger partial charge is 0.206 e. The van der Waals surface area contributed by atoms with Gasteiger partial charge in [0.25, 0.3) is 0 Å². The summed E-state index contributed by atoms with van der Waals surface area (Å²) < 4.78 is 13.9. The zero-order valence-electron chi connectivity index (χ0n) is 8.68. The van der Waals surface area contributed by atoms with Gasteiger partial charge in [0.1, 0.15) is 5.82 Å². The fourth-order valence-corrected chi connectivity index (χ4v) is 2.24. The minimum atomic E-state index is -0.340. The highest BCUT2D eigenvalue weighted by molar-refractivity contribution is 6.36. The summed E-state index contributed by atoms with van der Waals surface area (Å²) in [5.74, 6) is -0.0571. The fraction of sp³-hybridized carbons (Fsp3) is 0.0769. The molecule has 0 heterocycles. The van der Waals surface area contributed by atoms with Crippen LogP contribution in [0.25, 0.3) is 11.1 Å². The zero-order valence-corrected chi connectivity index (χ0v) is 11.0. The molecule has 0 bridgehead atoms. The summed E-state index contributed by atoms with van der Waals surface area (Å²) in [6.07, 6.45) is 0. The Kier molecular flexibility index (Phi) is 3.93. The Bertz CT molecular complexity index is 552. The molecule has 0 radical (unpaired) electrons. The first-order chi connectivity index (χ1) is 8.11. The van der Waals surface area contributed by atoms with E-state index in [9.17, 15) is 4.39 Å². The van der Waals surface area contributed by atoms with Gasteiger partial charge in [-0.25, -0.2) is 4.39 Å². The van der Waals surface area contributed by atoms with Crippen molar-refractivity contribution in [3.05, 3.63) is 57.8 Å². The Labute approximate surface area is 114 Å². The quantitative estimate of drug-likeness (QED) is 0.637. The fourth-order valence-electron chi connectivity index (χ4n) is 1.57. The molecule has 0 amide bonds. The lowest BCUT2D eigenvalue weighted by atomic mass is 10.0. The monoisotopic (exact) mass is 288 g/mol. The highest BCUT2D eigenvalue weighted by atomic mass is 35.5. The molecule has 0 aromatic heterocycles. The van der Waals surface area contributed by atoms with Gasteiger partial charge in [0.15, 0.2) is 0 Å². The van der Waals surface area contributed by atoms with Gasteiger partial charge in [-0.2, -0.15) is 0 Å². The summed E-state index contributed by atoms with van der Waals surface area (Å²) in [7, 11) is 0. The molecule has 2 aromatic carbocycles. The molecule has 0 aliphatic rings. The summed E-state index contributed by atoms with van der Waals surface area (Å²) in [6.45, 7) is 0. The van der Waals surface area contributed by atoms with E-state index in [1.165, 1.54) is 6.07 Å². The van der Waals surface area contributed by atoms with Gasteiger partial charge in [0.2, 0.25) is 0 Å². The highest BCUT2D eigenvalue weighted by Crippen LogP contribution is 2.32. The van der Waals surface area contributed by atoms with Crippen LogP contribution < -0.4 is 0 Å². The van der Waals surface area contributed by atoms with Crippen molar-refractivity contribution in [2.24, 2.45) is 0 Å². The van der Waals surface area contributed by atoms with Crippen LogP contribution in [0, 0.1) is 5.82 Å². The molecule has 0 fully saturated rings. The zero-order chi connectivity index (χ0) is 12.4. The third-order valence-electron chi connectivity index (χ3n) is 2.41. The maximum absolute atomic E-state index is 13.9. The van der Waals surface area contributed by atoms with Gasteiger partial charge in [-0.3, -0.25) is 0 Å². The molecule has 0 unspecified atom stereocenters. The predicted molar refractivity (Wildman–Crippen MR) is 71.4 cm³/mol. The van der Waals surface area contributed by atoms with Gasteiger partial charge in [-0.05, 0) is 23.8 Å². The number of alkyl halides is 1. The maximum Gasteiger partial charge on any atom is 0.131 e. The van der Waals surface area contributed by atoms with Gasteiger partial charge >= 0.3 is 0 Å². The van der Waals surface area contributed by atoms with E-state index in [4.69, 9.17) is 34.8 Å². The molecule has 0 N–H and O–H groups in total. The number of rotatable bonds is 2. The summed E-state index contributed by atoms with van der Waals surface area (Å²) in [5, 5.41) is 0.951. The van der Waals surface area contributed by atoms with E-state index in [0.29, 0.717) is 21.2 Å². The summed E-state index contributed by atoms with van der Waals surface area (Å²) in [5.41, 5.74) is 1.80. The Hall–Kier alpha value is -0.760. The third-order valence-corrected chi connectivity index (χ3v) is 3.27. The van der Waals surface area contributed by atoms with E-state index in [1.807, 2.05) is 0 Å². The minimum Gasteiger partial charge on any atom is -0.206 e. The normalized spacial score (nSPS) is 10.6. The second kappa shape index (κ2) is 5.26. The lowest BCUT2D eigenvalue weighted by Gasteiger charge is -2.07. The van der Waals surface area contributed by atoms with Crippen molar-refractivity contribution in [3.8, 4) is 11.1 Å². The summed E-state index contributed by atoms with van der Waals surface area (Å²) in [6, 6.07) is 9.82. The Morgan fingerprint density at radius 3 is 2.24 bits per heavy atom. The van der Waals surface area contributed by atoms with E-state index in [2.05, 4.69) is 0 Å². The van der Waals surface area contributed by atoms with Crippen LogP contribution in [0.3, 0.4) is 0 Å². The molecule has 2 aromatic rings. The van der Waals surface area contributed by atoms with Crippen molar-refractivity contribution in [2.45, 2.75) is 5.88 Å². The van der Waals surface area contributed by atoms with E-state index < -0.39 is 0 Å². The smallest absolute Gasteiger partial charge is 0.131 e. The van der Waals surface area contributed by atoms with E-state index >= 15 is 0 Å². The summed E-state index contributed by atoms with van der Waals surface area (Å²) in [4.78, 5) is 0. The van der Waals surface area contributed by atoms with Gasteiger partial charge in [0.05, 0.1) is 0 Å². The van der Waals surface area contributed by atoms with E-state index in [0.717, 1.165) is 5.56 Å². The molecule has 0 aliphatic heterocycles. The molecule has 0 saturated heterocycles. The number of hydrogen-bond acceptors (Lipinski definition) is 0. The first kappa shape index (κ1) is 12.7. The van der Waals surface area contributed by atoms with Crippen molar-refractivity contribution >= 4 is 34.8 Å². The van der Waals surface area contributed by atoms with Crippen molar-refractivity contribution < 1.29 is 4.39 Å². The highest BCUT2D eigenvalue weighted by Gasteiger charge is 2.09. The van der Waals surface area contributed by atoms with E-state index in [-0.39, 0.29) is 11.7 Å². The van der Waals surface area contributed by atoms with Gasteiger partial charge in [-0.1, -0.05) is 41.4 Å². The van der Waals surface area contributed by atoms with Crippen molar-refractivity contribution in [2.75, 3.05) is 0 Å². The topological polar surface area (TPSA) is 0 Å². The van der Waals surface area contributed by atoms with Crippen LogP contribution in [-0.2, 0) is 5.88 Å². The first-order valence-electron chi connectivity index (χ1n) is 4.91. The van der Waals surface area contributed by atoms with Crippen LogP contribution in [0.2, 0.25) is 10.0 Å². The average Bonchev–Trinajstić information content (AvgIpc) is 2.30. The molecule has 0 spiro atoms. The van der Waals surface area contributed by atoms with Crippen molar-refractivity contribution in [1.29, 1.82) is 0 Å². The molecule has 0 aliphatic carbocycles. The van der Waals surface area contributed by atoms with Crippen LogP contribution in [0.15, 0.2) is 36.4 Å². The Morgan fingerprint density at radius 1 is 0.941 bits per heavy atom. The number of benzene rings is 2. The van der Waals surface area contributed by atoms with E-state index in [1.54, 1.807) is 30.3 Å². The van der Waals surface area contributed by atoms with Crippen LogP contribution in [0.5, 0.6) is 0 Å². The standard InChI is InChI=1S/C13H8Cl3F/c14-7-8-1-3-11(13(17)5-8)10-4-2-9(15)6-12(10)16/h1-6H,7H2. The molecule has 0 saturated carbocycles. The number of halogens is 4. The minimum absolute atomic E-state index is 0.283. The lowest BCUT2D eigenvalue weighted by molar-refractivity contribution is 0.630. The van der Waals surface area contributed by atoms with Crippen LogP contribution in [-0.4, -0.2) is 0 Å². The van der Waals surface area contributed by atoms with Gasteiger partial charge in [0, 0.05) is 27.1 Å². The molecule has 0 atom stereocenters. The first-order valence-corrected chi connectivity index (χ1v) is 6.20. The second-order valence-electron chi connectivity index (χ2n) is 3.57. The molecule has 88 valence electrons. The third kappa shape index (κ3) is 2.74. The molecule has 0 nitrogen and oxygen atoms in total. The predicted octanol–water partition coefficient (Wildman–Crippen LogP) is 5.54. The maximum atomic E-state index is 13.9. The molecule has 17 heavy (non-hydrogen) atoms. The molecule has 4 heteroatoms.